The van der Waals surface area contributed by atoms with E-state index in [-0.39, 0.29) is 6.04 Å². The molecule has 5 rings (SSSR count). The van der Waals surface area contributed by atoms with Crippen LogP contribution in [0.5, 0.6) is 17.2 Å². The smallest absolute Gasteiger partial charge is 0.408 e. The second kappa shape index (κ2) is 9.67. The number of carbonyl (C=O) groups is 1. The Morgan fingerprint density at radius 3 is 2.62 bits per heavy atom. The first-order valence-electron chi connectivity index (χ1n) is 11.7. The van der Waals surface area contributed by atoms with E-state index >= 15 is 0 Å². The maximum atomic E-state index is 13.1. The number of ether oxygens (including phenoxy) is 4. The highest BCUT2D eigenvalue weighted by Crippen LogP contribution is 2.39. The van der Waals surface area contributed by atoms with Gasteiger partial charge in [0.2, 0.25) is 0 Å². The maximum Gasteiger partial charge on any atom is 0.408 e. The topological polar surface area (TPSA) is 66.0 Å². The molecule has 2 aliphatic rings. The molecule has 1 aliphatic carbocycles. The van der Waals surface area contributed by atoms with Crippen LogP contribution < -0.4 is 19.5 Å². The van der Waals surface area contributed by atoms with Gasteiger partial charge >= 0.3 is 6.09 Å². The van der Waals surface area contributed by atoms with Gasteiger partial charge in [-0.15, -0.1) is 0 Å². The summed E-state index contributed by atoms with van der Waals surface area (Å²) in [6.07, 6.45) is 2.08. The van der Waals surface area contributed by atoms with Gasteiger partial charge in [0.25, 0.3) is 0 Å². The van der Waals surface area contributed by atoms with E-state index in [1.807, 2.05) is 54.6 Å². The average Bonchev–Trinajstić information content (AvgIpc) is 2.88. The van der Waals surface area contributed by atoms with E-state index in [9.17, 15) is 4.79 Å². The Morgan fingerprint density at radius 2 is 1.76 bits per heavy atom. The number of carbonyl (C=O) groups excluding carboxylic acids is 1. The van der Waals surface area contributed by atoms with Crippen molar-refractivity contribution in [3.05, 3.63) is 89.0 Å². The van der Waals surface area contributed by atoms with Gasteiger partial charge in [-0.05, 0) is 66.3 Å². The zero-order valence-electron chi connectivity index (χ0n) is 19.5. The number of nitrogens with one attached hydrogen (secondary N) is 1. The van der Waals surface area contributed by atoms with Crippen molar-refractivity contribution >= 4 is 6.09 Å². The molecule has 0 fully saturated rings. The van der Waals surface area contributed by atoms with Gasteiger partial charge in [-0.1, -0.05) is 36.4 Å². The molecule has 0 radical (unpaired) electrons. The van der Waals surface area contributed by atoms with Crippen LogP contribution in [0.2, 0.25) is 0 Å². The van der Waals surface area contributed by atoms with E-state index in [1.54, 1.807) is 14.2 Å². The van der Waals surface area contributed by atoms with E-state index in [0.29, 0.717) is 6.42 Å². The van der Waals surface area contributed by atoms with E-state index in [1.165, 1.54) is 11.1 Å². The van der Waals surface area contributed by atoms with Gasteiger partial charge in [0.05, 0.1) is 20.3 Å². The van der Waals surface area contributed by atoms with Crippen LogP contribution >= 0.6 is 0 Å². The van der Waals surface area contributed by atoms with E-state index in [4.69, 9.17) is 18.9 Å². The minimum atomic E-state index is -0.509. The first-order chi connectivity index (χ1) is 16.6. The van der Waals surface area contributed by atoms with Crippen molar-refractivity contribution in [3.63, 3.8) is 0 Å². The Balaban J connectivity index is 1.39. The predicted molar refractivity (Wildman–Crippen MR) is 129 cm³/mol. The predicted octanol–water partition coefficient (Wildman–Crippen LogP) is 5.55. The van der Waals surface area contributed by atoms with Crippen molar-refractivity contribution in [1.29, 1.82) is 0 Å². The van der Waals surface area contributed by atoms with Crippen molar-refractivity contribution in [3.8, 4) is 17.2 Å². The molecule has 0 saturated carbocycles. The highest BCUT2D eigenvalue weighted by molar-refractivity contribution is 5.68. The van der Waals surface area contributed by atoms with Crippen molar-refractivity contribution in [1.82, 2.24) is 5.32 Å². The van der Waals surface area contributed by atoms with Crippen LogP contribution in [0.15, 0.2) is 66.7 Å². The highest BCUT2D eigenvalue weighted by atomic mass is 16.6. The van der Waals surface area contributed by atoms with Crippen LogP contribution in [0.25, 0.3) is 0 Å². The Bertz CT molecular complexity index is 1180. The number of fused-ring (bicyclic) bond motifs is 2. The van der Waals surface area contributed by atoms with Crippen LogP contribution in [0, 0.1) is 0 Å². The minimum absolute atomic E-state index is 0.0513. The molecule has 6 heteroatoms. The Labute approximate surface area is 199 Å². The summed E-state index contributed by atoms with van der Waals surface area (Å²) in [7, 11) is 3.26. The van der Waals surface area contributed by atoms with Gasteiger partial charge in [0, 0.05) is 12.0 Å². The number of hydrogen-bond acceptors (Lipinski definition) is 5. The second-order valence-electron chi connectivity index (χ2n) is 8.72. The molecular formula is C28H29NO5. The molecule has 0 aromatic heterocycles. The van der Waals surface area contributed by atoms with Gasteiger partial charge in [0.15, 0.2) is 6.10 Å². The normalized spacial score (nSPS) is 20.8. The summed E-state index contributed by atoms with van der Waals surface area (Å²) in [4.78, 5) is 13.1. The zero-order chi connectivity index (χ0) is 23.5. The Morgan fingerprint density at radius 1 is 0.941 bits per heavy atom. The average molecular weight is 460 g/mol. The molecule has 34 heavy (non-hydrogen) atoms. The molecule has 3 atom stereocenters. The number of aryl methyl sites for hydroxylation is 1. The van der Waals surface area contributed by atoms with Gasteiger partial charge in [0.1, 0.15) is 23.4 Å². The molecule has 1 heterocycles. The Kier molecular flexibility index (Phi) is 6.30. The molecule has 176 valence electrons. The summed E-state index contributed by atoms with van der Waals surface area (Å²) in [6.45, 7) is 0. The van der Waals surface area contributed by atoms with Gasteiger partial charge in [-0.25, -0.2) is 4.79 Å². The lowest BCUT2D eigenvalue weighted by Gasteiger charge is -2.34. The summed E-state index contributed by atoms with van der Waals surface area (Å²) in [6, 6.07) is 21.6. The summed E-state index contributed by atoms with van der Waals surface area (Å²) in [5.41, 5.74) is 4.29. The summed E-state index contributed by atoms with van der Waals surface area (Å²) in [5, 5.41) is 3.10. The van der Waals surface area contributed by atoms with Crippen molar-refractivity contribution in [2.24, 2.45) is 0 Å². The maximum absolute atomic E-state index is 13.1. The molecule has 0 bridgehead atoms. The van der Waals surface area contributed by atoms with Crippen molar-refractivity contribution in [2.75, 3.05) is 14.2 Å². The number of alkyl carbamates (subject to hydrolysis) is 1. The molecule has 1 amide bonds. The number of benzene rings is 3. The molecule has 1 N–H and O–H groups in total. The van der Waals surface area contributed by atoms with Gasteiger partial charge in [-0.3, -0.25) is 0 Å². The zero-order valence-corrected chi connectivity index (χ0v) is 19.5. The van der Waals surface area contributed by atoms with E-state index in [2.05, 4.69) is 17.4 Å². The fraction of sp³-hybridized carbons (Fsp3) is 0.321. The van der Waals surface area contributed by atoms with E-state index in [0.717, 1.165) is 47.6 Å². The lowest BCUT2D eigenvalue weighted by atomic mass is 9.88. The van der Waals surface area contributed by atoms with Crippen molar-refractivity contribution in [2.45, 2.75) is 43.9 Å². The SMILES string of the molecule is COc1cccc(C2Oc3ccc(OC)cc3CC2OC(=O)NC2CCCc3ccccc32)c1. The standard InChI is InChI=1S/C28H29NO5/c1-31-21-10-5-9-19(15-21)27-26(17-20-16-22(32-2)13-14-25(20)33-27)34-28(30)29-24-12-6-8-18-7-3-4-11-23(18)24/h3-5,7,9-11,13-16,24,26-27H,6,8,12,17H2,1-2H3,(H,29,30). The molecule has 6 nitrogen and oxygen atoms in total. The van der Waals surface area contributed by atoms with Gasteiger partial charge < -0.3 is 24.3 Å². The number of methoxy groups -OCH3 is 2. The monoisotopic (exact) mass is 459 g/mol. The fourth-order valence-corrected chi connectivity index (χ4v) is 4.92. The number of amides is 1. The van der Waals surface area contributed by atoms with Crippen LogP contribution in [-0.2, 0) is 17.6 Å². The van der Waals surface area contributed by atoms with Gasteiger partial charge in [-0.2, -0.15) is 0 Å². The molecule has 3 aromatic carbocycles. The summed E-state index contributed by atoms with van der Waals surface area (Å²) in [5.74, 6) is 2.22. The third-order valence-electron chi connectivity index (χ3n) is 6.62. The molecule has 0 saturated heterocycles. The first kappa shape index (κ1) is 22.1. The minimum Gasteiger partial charge on any atom is -0.497 e. The molecule has 0 spiro atoms. The van der Waals surface area contributed by atoms with Crippen LogP contribution in [0.1, 0.15) is 47.2 Å². The third kappa shape index (κ3) is 4.53. The molecule has 1 aliphatic heterocycles. The summed E-state index contributed by atoms with van der Waals surface area (Å²) >= 11 is 0. The van der Waals surface area contributed by atoms with Crippen molar-refractivity contribution < 1.29 is 23.7 Å². The van der Waals surface area contributed by atoms with Crippen LogP contribution in [0.4, 0.5) is 4.79 Å². The lowest BCUT2D eigenvalue weighted by molar-refractivity contribution is 0.00174. The van der Waals surface area contributed by atoms with E-state index < -0.39 is 18.3 Å². The number of hydrogen-bond donors (Lipinski definition) is 1. The lowest BCUT2D eigenvalue weighted by Crippen LogP contribution is -2.39. The van der Waals surface area contributed by atoms with Crippen LogP contribution in [0.3, 0.4) is 0 Å². The Hall–Kier alpha value is -3.67. The molecule has 3 aromatic rings. The third-order valence-corrected chi connectivity index (χ3v) is 6.62. The van der Waals surface area contributed by atoms with Crippen LogP contribution in [-0.4, -0.2) is 26.4 Å². The number of rotatable bonds is 5. The first-order valence-corrected chi connectivity index (χ1v) is 11.7. The second-order valence-corrected chi connectivity index (χ2v) is 8.72. The largest absolute Gasteiger partial charge is 0.497 e. The summed E-state index contributed by atoms with van der Waals surface area (Å²) < 4.78 is 23.2. The highest BCUT2D eigenvalue weighted by Gasteiger charge is 2.35. The fourth-order valence-electron chi connectivity index (χ4n) is 4.92. The quantitative estimate of drug-likeness (QED) is 0.542. The molecule has 3 unspecified atom stereocenters. The molecular weight excluding hydrogens is 430 g/mol.